The van der Waals surface area contributed by atoms with E-state index in [-0.39, 0.29) is 23.2 Å². The second-order valence-corrected chi connectivity index (χ2v) is 6.03. The van der Waals surface area contributed by atoms with E-state index in [1.54, 1.807) is 24.1 Å². The van der Waals surface area contributed by atoms with E-state index >= 15 is 0 Å². The smallest absolute Gasteiger partial charge is 0.230 e. The number of rotatable bonds is 4. The zero-order valence-electron chi connectivity index (χ0n) is 13.2. The Bertz CT molecular complexity index is 497. The second-order valence-electron chi connectivity index (χ2n) is 6.03. The summed E-state index contributed by atoms with van der Waals surface area (Å²) in [6.45, 7) is 5.64. The van der Waals surface area contributed by atoms with E-state index in [0.717, 1.165) is 32.4 Å². The summed E-state index contributed by atoms with van der Waals surface area (Å²) in [5, 5.41) is 3.33. The Morgan fingerprint density at radius 3 is 2.76 bits per heavy atom. The zero-order chi connectivity index (χ0) is 15.5. The van der Waals surface area contributed by atoms with Crippen molar-refractivity contribution in [1.82, 2.24) is 10.2 Å². The van der Waals surface area contributed by atoms with Crippen LogP contribution in [-0.2, 0) is 4.79 Å². The molecule has 1 saturated heterocycles. The summed E-state index contributed by atoms with van der Waals surface area (Å²) < 4.78 is 13.9. The van der Waals surface area contributed by atoms with Crippen LogP contribution in [0.15, 0.2) is 24.3 Å². The third-order valence-electron chi connectivity index (χ3n) is 4.86. The standard InChI is InChI=1S/C17H25FN2O/c1-4-17(10-7-11-19-12-17)16(21)20(3)13(2)14-8-5-6-9-15(14)18/h5-6,8-9,13,19H,4,7,10-12H2,1-3H3. The predicted molar refractivity (Wildman–Crippen MR) is 82.4 cm³/mol. The molecule has 21 heavy (non-hydrogen) atoms. The number of amides is 1. The van der Waals surface area contributed by atoms with Crippen molar-refractivity contribution in [1.29, 1.82) is 0 Å². The summed E-state index contributed by atoms with van der Waals surface area (Å²) in [5.41, 5.74) is 0.232. The zero-order valence-corrected chi connectivity index (χ0v) is 13.2. The Morgan fingerprint density at radius 1 is 1.48 bits per heavy atom. The summed E-state index contributed by atoms with van der Waals surface area (Å²) in [6, 6.07) is 6.42. The van der Waals surface area contributed by atoms with Gasteiger partial charge in [-0.1, -0.05) is 25.1 Å². The number of carbonyl (C=O) groups is 1. The minimum Gasteiger partial charge on any atom is -0.338 e. The van der Waals surface area contributed by atoms with Gasteiger partial charge >= 0.3 is 0 Å². The van der Waals surface area contributed by atoms with Crippen LogP contribution in [0.5, 0.6) is 0 Å². The topological polar surface area (TPSA) is 32.3 Å². The van der Waals surface area contributed by atoms with E-state index in [2.05, 4.69) is 12.2 Å². The molecule has 0 spiro atoms. The largest absolute Gasteiger partial charge is 0.338 e. The van der Waals surface area contributed by atoms with E-state index in [1.165, 1.54) is 6.07 Å². The van der Waals surface area contributed by atoms with Gasteiger partial charge in [-0.15, -0.1) is 0 Å². The molecule has 0 radical (unpaired) electrons. The molecule has 0 aliphatic carbocycles. The van der Waals surface area contributed by atoms with Crippen molar-refractivity contribution in [2.45, 2.75) is 39.2 Å². The van der Waals surface area contributed by atoms with E-state index in [9.17, 15) is 9.18 Å². The van der Waals surface area contributed by atoms with Crippen LogP contribution in [0.3, 0.4) is 0 Å². The molecule has 0 aromatic heterocycles. The quantitative estimate of drug-likeness (QED) is 0.924. The van der Waals surface area contributed by atoms with Crippen molar-refractivity contribution in [3.63, 3.8) is 0 Å². The number of carbonyl (C=O) groups excluding carboxylic acids is 1. The Balaban J connectivity index is 2.20. The molecule has 3 nitrogen and oxygen atoms in total. The molecule has 0 bridgehead atoms. The molecular weight excluding hydrogens is 267 g/mol. The van der Waals surface area contributed by atoms with Crippen LogP contribution in [0.25, 0.3) is 0 Å². The average Bonchev–Trinajstić information content (AvgIpc) is 2.54. The van der Waals surface area contributed by atoms with Crippen molar-refractivity contribution in [3.8, 4) is 0 Å². The summed E-state index contributed by atoms with van der Waals surface area (Å²) >= 11 is 0. The highest BCUT2D eigenvalue weighted by atomic mass is 19.1. The van der Waals surface area contributed by atoms with E-state index < -0.39 is 0 Å². The van der Waals surface area contributed by atoms with Gasteiger partial charge in [0.1, 0.15) is 5.82 Å². The maximum absolute atomic E-state index is 13.9. The monoisotopic (exact) mass is 292 g/mol. The average molecular weight is 292 g/mol. The van der Waals surface area contributed by atoms with Crippen LogP contribution in [0.1, 0.15) is 44.7 Å². The highest BCUT2D eigenvalue weighted by Gasteiger charge is 2.40. The normalized spacial score (nSPS) is 23.6. The maximum Gasteiger partial charge on any atom is 0.230 e. The molecule has 2 rings (SSSR count). The lowest BCUT2D eigenvalue weighted by atomic mass is 9.77. The molecule has 1 aliphatic heterocycles. The number of benzene rings is 1. The molecule has 2 unspecified atom stereocenters. The van der Waals surface area contributed by atoms with Crippen molar-refractivity contribution < 1.29 is 9.18 Å². The van der Waals surface area contributed by atoms with Gasteiger partial charge in [0.25, 0.3) is 0 Å². The van der Waals surface area contributed by atoms with Crippen LogP contribution in [0.4, 0.5) is 4.39 Å². The molecule has 2 atom stereocenters. The fraction of sp³-hybridized carbons (Fsp3) is 0.588. The van der Waals surface area contributed by atoms with Gasteiger partial charge in [-0.25, -0.2) is 4.39 Å². The Morgan fingerprint density at radius 2 is 2.19 bits per heavy atom. The molecule has 4 heteroatoms. The minimum absolute atomic E-state index is 0.118. The third kappa shape index (κ3) is 3.10. The van der Waals surface area contributed by atoms with E-state index in [0.29, 0.717) is 5.56 Å². The second kappa shape index (κ2) is 6.56. The summed E-state index contributed by atoms with van der Waals surface area (Å²) in [6.07, 6.45) is 2.73. The molecule has 1 aromatic carbocycles. The summed E-state index contributed by atoms with van der Waals surface area (Å²) in [5.74, 6) is -0.134. The summed E-state index contributed by atoms with van der Waals surface area (Å²) in [7, 11) is 1.78. The molecule has 1 heterocycles. The van der Waals surface area contributed by atoms with E-state index in [1.807, 2.05) is 13.0 Å². The number of halogens is 1. The lowest BCUT2D eigenvalue weighted by molar-refractivity contribution is -0.144. The molecular formula is C17H25FN2O. The Kier molecular flexibility index (Phi) is 4.99. The maximum atomic E-state index is 13.9. The highest BCUT2D eigenvalue weighted by molar-refractivity contribution is 5.83. The van der Waals surface area contributed by atoms with Crippen LogP contribution in [0.2, 0.25) is 0 Å². The van der Waals surface area contributed by atoms with Crippen molar-refractivity contribution >= 4 is 5.91 Å². The fourth-order valence-electron chi connectivity index (χ4n) is 3.18. The highest BCUT2D eigenvalue weighted by Crippen LogP contribution is 2.34. The molecule has 1 N–H and O–H groups in total. The predicted octanol–water partition coefficient (Wildman–Crippen LogP) is 3.12. The van der Waals surface area contributed by atoms with Gasteiger partial charge in [-0.2, -0.15) is 0 Å². The minimum atomic E-state index is -0.341. The fourth-order valence-corrected chi connectivity index (χ4v) is 3.18. The lowest BCUT2D eigenvalue weighted by Gasteiger charge is -2.40. The number of nitrogens with one attached hydrogen (secondary N) is 1. The number of hydrogen-bond donors (Lipinski definition) is 1. The number of piperidine rings is 1. The van der Waals surface area contributed by atoms with Gasteiger partial charge in [0, 0.05) is 19.2 Å². The first-order chi connectivity index (χ1) is 10.0. The summed E-state index contributed by atoms with van der Waals surface area (Å²) in [4.78, 5) is 14.6. The van der Waals surface area contributed by atoms with Crippen molar-refractivity contribution in [3.05, 3.63) is 35.6 Å². The Hall–Kier alpha value is -1.42. The first-order valence-electron chi connectivity index (χ1n) is 7.74. The molecule has 1 fully saturated rings. The first-order valence-corrected chi connectivity index (χ1v) is 7.74. The van der Waals surface area contributed by atoms with Crippen LogP contribution in [-0.4, -0.2) is 30.9 Å². The lowest BCUT2D eigenvalue weighted by Crippen LogP contribution is -2.51. The first kappa shape index (κ1) is 16.0. The molecule has 1 aliphatic rings. The molecule has 1 amide bonds. The van der Waals surface area contributed by atoms with Gasteiger partial charge in [0.15, 0.2) is 0 Å². The van der Waals surface area contributed by atoms with Crippen LogP contribution in [0, 0.1) is 11.2 Å². The van der Waals surface area contributed by atoms with Crippen LogP contribution >= 0.6 is 0 Å². The van der Waals surface area contributed by atoms with Gasteiger partial charge in [0.2, 0.25) is 5.91 Å². The number of nitrogens with zero attached hydrogens (tertiary/aromatic N) is 1. The molecule has 0 saturated carbocycles. The van der Waals surface area contributed by atoms with Gasteiger partial charge in [-0.05, 0) is 38.8 Å². The SMILES string of the molecule is CCC1(C(=O)N(C)C(C)c2ccccc2F)CCCNC1. The van der Waals surface area contributed by atoms with E-state index in [4.69, 9.17) is 0 Å². The molecule has 116 valence electrons. The Labute approximate surface area is 126 Å². The van der Waals surface area contributed by atoms with Gasteiger partial charge in [-0.3, -0.25) is 4.79 Å². The van der Waals surface area contributed by atoms with Crippen molar-refractivity contribution in [2.75, 3.05) is 20.1 Å². The van der Waals surface area contributed by atoms with Crippen LogP contribution < -0.4 is 5.32 Å². The molecule has 1 aromatic rings. The van der Waals surface area contributed by atoms with Crippen molar-refractivity contribution in [2.24, 2.45) is 5.41 Å². The van der Waals surface area contributed by atoms with Gasteiger partial charge in [0.05, 0.1) is 11.5 Å². The van der Waals surface area contributed by atoms with Gasteiger partial charge < -0.3 is 10.2 Å². The number of hydrogen-bond acceptors (Lipinski definition) is 2. The third-order valence-corrected chi connectivity index (χ3v) is 4.86.